The maximum atomic E-state index is 13.1. The van der Waals surface area contributed by atoms with Crippen molar-refractivity contribution in [1.29, 1.82) is 0 Å². The molecule has 1 aromatic heterocycles. The molecule has 1 aliphatic carbocycles. The zero-order valence-corrected chi connectivity index (χ0v) is 18.4. The Kier molecular flexibility index (Phi) is 5.13. The second-order valence-corrected chi connectivity index (χ2v) is 9.73. The molecule has 0 bridgehead atoms. The summed E-state index contributed by atoms with van der Waals surface area (Å²) in [6.45, 7) is 1.72. The lowest BCUT2D eigenvalue weighted by Gasteiger charge is -2.12. The van der Waals surface area contributed by atoms with Gasteiger partial charge in [0.1, 0.15) is 11.3 Å². The number of aromatic nitrogens is 1. The van der Waals surface area contributed by atoms with Crippen LogP contribution in [0.1, 0.15) is 40.6 Å². The van der Waals surface area contributed by atoms with Gasteiger partial charge in [0.25, 0.3) is 15.9 Å². The van der Waals surface area contributed by atoms with Crippen molar-refractivity contribution >= 4 is 38.4 Å². The second kappa shape index (κ2) is 8.00. The van der Waals surface area contributed by atoms with Crippen molar-refractivity contribution in [3.8, 4) is 0 Å². The van der Waals surface area contributed by atoms with Crippen LogP contribution in [0.25, 0.3) is 11.1 Å². The third-order valence-electron chi connectivity index (χ3n) is 5.45. The number of sulfonamides is 1. The first-order valence-electron chi connectivity index (χ1n) is 10.4. The summed E-state index contributed by atoms with van der Waals surface area (Å²) in [7, 11) is -3.97. The first-order chi connectivity index (χ1) is 15.8. The van der Waals surface area contributed by atoms with Gasteiger partial charge in [-0.15, -0.1) is 0 Å². The minimum atomic E-state index is -3.97. The number of carbonyl (C=O) groups excluding carboxylic acids is 1. The molecular formula is C24H20FN3O4S. The number of nitrogens with one attached hydrogen (secondary N) is 2. The van der Waals surface area contributed by atoms with E-state index in [9.17, 15) is 17.6 Å². The summed E-state index contributed by atoms with van der Waals surface area (Å²) in [5, 5.41) is 2.80. The summed E-state index contributed by atoms with van der Waals surface area (Å²) >= 11 is 0. The highest BCUT2D eigenvalue weighted by Gasteiger charge is 2.29. The molecule has 7 nitrogen and oxygen atoms in total. The van der Waals surface area contributed by atoms with Gasteiger partial charge in [-0.05, 0) is 79.9 Å². The van der Waals surface area contributed by atoms with Gasteiger partial charge in [0, 0.05) is 22.9 Å². The highest BCUT2D eigenvalue weighted by molar-refractivity contribution is 7.92. The molecule has 1 saturated carbocycles. The van der Waals surface area contributed by atoms with Gasteiger partial charge in [-0.3, -0.25) is 9.52 Å². The third kappa shape index (κ3) is 4.45. The van der Waals surface area contributed by atoms with Crippen molar-refractivity contribution in [1.82, 2.24) is 4.98 Å². The fourth-order valence-electron chi connectivity index (χ4n) is 3.47. The molecule has 4 aromatic rings. The van der Waals surface area contributed by atoms with Crippen molar-refractivity contribution in [3.63, 3.8) is 0 Å². The van der Waals surface area contributed by atoms with Crippen LogP contribution in [-0.2, 0) is 10.0 Å². The number of hydrogen-bond acceptors (Lipinski definition) is 5. The molecule has 0 saturated heterocycles. The fourth-order valence-corrected chi connectivity index (χ4v) is 4.56. The van der Waals surface area contributed by atoms with Gasteiger partial charge in [0.2, 0.25) is 0 Å². The van der Waals surface area contributed by atoms with E-state index in [1.807, 2.05) is 0 Å². The second-order valence-electron chi connectivity index (χ2n) is 8.05. The lowest BCUT2D eigenvalue weighted by Crippen LogP contribution is -2.17. The highest BCUT2D eigenvalue weighted by atomic mass is 32.2. The lowest BCUT2D eigenvalue weighted by atomic mass is 10.1. The smallest absolute Gasteiger partial charge is 0.261 e. The Balaban J connectivity index is 1.38. The number of rotatable bonds is 6. The molecule has 0 radical (unpaired) electrons. The summed E-state index contributed by atoms with van der Waals surface area (Å²) in [5.74, 6) is 0.179. The quantitative estimate of drug-likeness (QED) is 0.407. The maximum Gasteiger partial charge on any atom is 0.261 e. The number of aryl methyl sites for hydroxylation is 1. The maximum absolute atomic E-state index is 13.1. The summed E-state index contributed by atoms with van der Waals surface area (Å²) in [5.41, 5.74) is 2.90. The van der Waals surface area contributed by atoms with Crippen molar-refractivity contribution in [2.45, 2.75) is 30.6 Å². The molecule has 168 valence electrons. The SMILES string of the molecule is Cc1ccc(S(=O)(=O)Nc2ccc(F)cc2)cc1C(=O)Nc1ccc2oc(C3CC3)nc2c1. The number of amides is 1. The minimum Gasteiger partial charge on any atom is -0.440 e. The number of benzene rings is 3. The van der Waals surface area contributed by atoms with E-state index in [2.05, 4.69) is 15.0 Å². The Bertz CT molecular complexity index is 1480. The molecular weight excluding hydrogens is 445 g/mol. The Labute approximate surface area is 189 Å². The molecule has 9 heteroatoms. The number of hydrogen-bond donors (Lipinski definition) is 2. The van der Waals surface area contributed by atoms with Crippen molar-refractivity contribution < 1.29 is 22.0 Å². The first-order valence-corrected chi connectivity index (χ1v) is 11.9. The van der Waals surface area contributed by atoms with Gasteiger partial charge in [-0.1, -0.05) is 6.07 Å². The molecule has 1 fully saturated rings. The van der Waals surface area contributed by atoms with E-state index in [0.717, 1.165) is 30.9 Å². The van der Waals surface area contributed by atoms with Gasteiger partial charge >= 0.3 is 0 Å². The number of nitrogens with zero attached hydrogens (tertiary/aromatic N) is 1. The van der Waals surface area contributed by atoms with Crippen molar-refractivity contribution in [3.05, 3.63) is 83.5 Å². The van der Waals surface area contributed by atoms with E-state index < -0.39 is 21.7 Å². The van der Waals surface area contributed by atoms with E-state index >= 15 is 0 Å². The highest BCUT2D eigenvalue weighted by Crippen LogP contribution is 2.40. The Hall–Kier alpha value is -3.72. The van der Waals surface area contributed by atoms with Gasteiger partial charge in [-0.2, -0.15) is 0 Å². The molecule has 1 amide bonds. The van der Waals surface area contributed by atoms with Gasteiger partial charge < -0.3 is 9.73 Å². The average molecular weight is 466 g/mol. The molecule has 1 heterocycles. The average Bonchev–Trinajstić information content (AvgIpc) is 3.54. The van der Waals surface area contributed by atoms with Crippen LogP contribution in [0.2, 0.25) is 0 Å². The Morgan fingerprint density at radius 2 is 1.76 bits per heavy atom. The Morgan fingerprint density at radius 1 is 1.03 bits per heavy atom. The van der Waals surface area contributed by atoms with Crippen LogP contribution in [-0.4, -0.2) is 19.3 Å². The molecule has 2 N–H and O–H groups in total. The van der Waals surface area contributed by atoms with E-state index in [1.165, 1.54) is 24.3 Å². The first kappa shape index (κ1) is 21.1. The van der Waals surface area contributed by atoms with Gasteiger partial charge in [0.05, 0.1) is 4.90 Å². The van der Waals surface area contributed by atoms with E-state index in [1.54, 1.807) is 31.2 Å². The molecule has 0 atom stereocenters. The van der Waals surface area contributed by atoms with Gasteiger partial charge in [0.15, 0.2) is 11.5 Å². The van der Waals surface area contributed by atoms with Crippen molar-refractivity contribution in [2.75, 3.05) is 10.0 Å². The van der Waals surface area contributed by atoms with Gasteiger partial charge in [-0.25, -0.2) is 17.8 Å². The summed E-state index contributed by atoms with van der Waals surface area (Å²) in [4.78, 5) is 17.4. The van der Waals surface area contributed by atoms with Crippen LogP contribution < -0.4 is 10.0 Å². The summed E-state index contributed by atoms with van der Waals surface area (Å²) in [6, 6.07) is 14.5. The van der Waals surface area contributed by atoms with Crippen LogP contribution in [0.5, 0.6) is 0 Å². The monoisotopic (exact) mass is 465 g/mol. The van der Waals surface area contributed by atoms with E-state index in [0.29, 0.717) is 28.3 Å². The largest absolute Gasteiger partial charge is 0.440 e. The van der Waals surface area contributed by atoms with Crippen molar-refractivity contribution in [2.24, 2.45) is 0 Å². The summed E-state index contributed by atoms with van der Waals surface area (Å²) < 4.78 is 46.8. The summed E-state index contributed by atoms with van der Waals surface area (Å²) in [6.07, 6.45) is 2.15. The van der Waals surface area contributed by atoms with Crippen LogP contribution in [0.15, 0.2) is 70.0 Å². The number of fused-ring (bicyclic) bond motifs is 1. The predicted molar refractivity (Wildman–Crippen MR) is 122 cm³/mol. The topological polar surface area (TPSA) is 101 Å². The number of anilines is 2. The zero-order valence-electron chi connectivity index (χ0n) is 17.6. The van der Waals surface area contributed by atoms with Crippen LogP contribution in [0.4, 0.5) is 15.8 Å². The fraction of sp³-hybridized carbons (Fsp3) is 0.167. The zero-order chi connectivity index (χ0) is 23.2. The normalized spacial score (nSPS) is 13.8. The number of halogens is 1. The minimum absolute atomic E-state index is 0.0800. The lowest BCUT2D eigenvalue weighted by molar-refractivity contribution is 0.102. The molecule has 0 aliphatic heterocycles. The molecule has 33 heavy (non-hydrogen) atoms. The Morgan fingerprint density at radius 3 is 2.48 bits per heavy atom. The van der Waals surface area contributed by atoms with Crippen LogP contribution in [0.3, 0.4) is 0 Å². The molecule has 3 aromatic carbocycles. The molecule has 1 aliphatic rings. The number of carbonyl (C=O) groups is 1. The molecule has 5 rings (SSSR count). The molecule has 0 spiro atoms. The molecule has 0 unspecified atom stereocenters. The predicted octanol–water partition coefficient (Wildman–Crippen LogP) is 5.21. The van der Waals surface area contributed by atoms with Crippen LogP contribution in [0, 0.1) is 12.7 Å². The van der Waals surface area contributed by atoms with Crippen LogP contribution >= 0.6 is 0 Å². The number of oxazole rings is 1. The third-order valence-corrected chi connectivity index (χ3v) is 6.83. The van der Waals surface area contributed by atoms with E-state index in [-0.39, 0.29) is 16.1 Å². The standard InChI is InChI=1S/C24H20FN3O4S/c1-14-2-10-19(33(30,31)28-17-7-5-16(25)6-8-17)13-20(14)23(29)26-18-9-11-22-21(12-18)27-24(32-22)15-3-4-15/h2,5-13,15,28H,3-4H2,1H3,(H,26,29). The van der Waals surface area contributed by atoms with E-state index in [4.69, 9.17) is 4.42 Å².